The number of nitro benzene ring substituents is 1. The summed E-state index contributed by atoms with van der Waals surface area (Å²) in [5, 5.41) is 13.7. The number of nitro groups is 1. The van der Waals surface area contributed by atoms with E-state index in [1.54, 1.807) is 6.92 Å². The molecule has 1 aromatic rings. The summed E-state index contributed by atoms with van der Waals surface area (Å²) in [5.41, 5.74) is -0.724. The third-order valence-electron chi connectivity index (χ3n) is 3.12. The molecule has 0 aliphatic heterocycles. The van der Waals surface area contributed by atoms with Crippen LogP contribution in [0, 0.1) is 10.1 Å². The van der Waals surface area contributed by atoms with Crippen LogP contribution in [0.5, 0.6) is 0 Å². The first-order chi connectivity index (χ1) is 8.79. The summed E-state index contributed by atoms with van der Waals surface area (Å²) in [4.78, 5) is 10.1. The van der Waals surface area contributed by atoms with Crippen LogP contribution < -0.4 is 10.0 Å². The maximum absolute atomic E-state index is 12.2. The van der Waals surface area contributed by atoms with Crippen molar-refractivity contribution >= 4 is 21.4 Å². The van der Waals surface area contributed by atoms with Gasteiger partial charge in [0.2, 0.25) is 10.0 Å². The molecule has 0 aromatic heterocycles. The van der Waals surface area contributed by atoms with Crippen molar-refractivity contribution in [3.63, 3.8) is 0 Å². The quantitative estimate of drug-likeness (QED) is 0.630. The molecule has 0 unspecified atom stereocenters. The van der Waals surface area contributed by atoms with Gasteiger partial charge in [-0.15, -0.1) is 0 Å². The maximum atomic E-state index is 12.2. The van der Waals surface area contributed by atoms with Crippen molar-refractivity contribution < 1.29 is 13.3 Å². The fourth-order valence-electron chi connectivity index (χ4n) is 1.80. The number of hydrogen-bond donors (Lipinski definition) is 2. The molecule has 0 amide bonds. The van der Waals surface area contributed by atoms with Gasteiger partial charge in [0, 0.05) is 12.6 Å². The summed E-state index contributed by atoms with van der Waals surface area (Å²) >= 11 is 0. The van der Waals surface area contributed by atoms with Gasteiger partial charge in [-0.1, -0.05) is 6.07 Å². The van der Waals surface area contributed by atoms with E-state index in [4.69, 9.17) is 0 Å². The summed E-state index contributed by atoms with van der Waals surface area (Å²) in [6.45, 7) is 1.78. The van der Waals surface area contributed by atoms with E-state index < -0.39 is 26.2 Å². The average molecular weight is 285 g/mol. The molecular weight excluding hydrogens is 270 g/mol. The van der Waals surface area contributed by atoms with Gasteiger partial charge in [-0.2, -0.15) is 0 Å². The Labute approximate surface area is 111 Å². The van der Waals surface area contributed by atoms with Crippen LogP contribution in [0.4, 0.5) is 11.4 Å². The zero-order valence-corrected chi connectivity index (χ0v) is 11.5. The standard InChI is InChI=1S/C11H15N3O4S/c1-11(6-7-11)13-19(17,18)9-5-3-4-8(12-2)10(9)14(15)16/h3-5,12-13H,6-7H2,1-2H3. The Hall–Kier alpha value is -1.67. The lowest BCUT2D eigenvalue weighted by Gasteiger charge is -2.13. The molecule has 1 aliphatic carbocycles. The maximum Gasteiger partial charge on any atom is 0.312 e. The van der Waals surface area contributed by atoms with Gasteiger partial charge >= 0.3 is 5.69 Å². The number of nitrogens with one attached hydrogen (secondary N) is 2. The van der Waals surface area contributed by atoms with Crippen LogP contribution >= 0.6 is 0 Å². The fourth-order valence-corrected chi connectivity index (χ4v) is 3.46. The minimum atomic E-state index is -3.90. The van der Waals surface area contributed by atoms with E-state index in [0.717, 1.165) is 12.8 Å². The van der Waals surface area contributed by atoms with Crippen LogP contribution in [0.25, 0.3) is 0 Å². The molecule has 1 saturated carbocycles. The molecule has 0 heterocycles. The van der Waals surface area contributed by atoms with Gasteiger partial charge in [0.05, 0.1) is 4.92 Å². The van der Waals surface area contributed by atoms with E-state index >= 15 is 0 Å². The molecule has 0 spiro atoms. The second-order valence-corrected chi connectivity index (χ2v) is 6.48. The van der Waals surface area contributed by atoms with E-state index in [1.807, 2.05) is 0 Å². The molecule has 2 rings (SSSR count). The number of rotatable bonds is 5. The van der Waals surface area contributed by atoms with Crippen molar-refractivity contribution in [2.24, 2.45) is 0 Å². The minimum absolute atomic E-state index is 0.175. The van der Waals surface area contributed by atoms with E-state index in [2.05, 4.69) is 10.0 Å². The van der Waals surface area contributed by atoms with Crippen LogP contribution in [0.15, 0.2) is 23.1 Å². The highest BCUT2D eigenvalue weighted by Crippen LogP contribution is 2.38. The fraction of sp³-hybridized carbons (Fsp3) is 0.455. The smallest absolute Gasteiger partial charge is 0.312 e. The monoisotopic (exact) mass is 285 g/mol. The average Bonchev–Trinajstić information content (AvgIpc) is 3.04. The number of benzene rings is 1. The molecule has 1 aromatic carbocycles. The lowest BCUT2D eigenvalue weighted by molar-refractivity contribution is -0.386. The van der Waals surface area contributed by atoms with Gasteiger partial charge in [0.15, 0.2) is 4.90 Å². The van der Waals surface area contributed by atoms with E-state index in [1.165, 1.54) is 25.2 Å². The first-order valence-electron chi connectivity index (χ1n) is 5.78. The van der Waals surface area contributed by atoms with Gasteiger partial charge in [0.25, 0.3) is 0 Å². The van der Waals surface area contributed by atoms with Gasteiger partial charge in [-0.25, -0.2) is 13.1 Å². The number of nitrogens with zero attached hydrogens (tertiary/aromatic N) is 1. The summed E-state index contributed by atoms with van der Waals surface area (Å²) in [6, 6.07) is 4.19. The molecule has 2 N–H and O–H groups in total. The number of hydrogen-bond acceptors (Lipinski definition) is 5. The molecule has 0 radical (unpaired) electrons. The molecule has 7 nitrogen and oxygen atoms in total. The Morgan fingerprint density at radius 3 is 2.47 bits per heavy atom. The molecule has 1 aliphatic rings. The zero-order chi connectivity index (χ0) is 14.3. The molecule has 1 fully saturated rings. The van der Waals surface area contributed by atoms with E-state index in [-0.39, 0.29) is 10.6 Å². The number of para-hydroxylation sites is 1. The van der Waals surface area contributed by atoms with E-state index in [9.17, 15) is 18.5 Å². The van der Waals surface area contributed by atoms with Crippen LogP contribution in [0.2, 0.25) is 0 Å². The van der Waals surface area contributed by atoms with Crippen LogP contribution in [-0.4, -0.2) is 25.9 Å². The van der Waals surface area contributed by atoms with Crippen LogP contribution in [0.1, 0.15) is 19.8 Å². The van der Waals surface area contributed by atoms with Crippen molar-refractivity contribution in [2.45, 2.75) is 30.2 Å². The first-order valence-corrected chi connectivity index (χ1v) is 7.26. The second kappa shape index (κ2) is 4.46. The van der Waals surface area contributed by atoms with Crippen molar-refractivity contribution in [1.29, 1.82) is 0 Å². The number of anilines is 1. The zero-order valence-electron chi connectivity index (χ0n) is 10.6. The largest absolute Gasteiger partial charge is 0.383 e. The van der Waals surface area contributed by atoms with Crippen LogP contribution in [-0.2, 0) is 10.0 Å². The van der Waals surface area contributed by atoms with Gasteiger partial charge in [0.1, 0.15) is 5.69 Å². The first kappa shape index (κ1) is 13.8. The SMILES string of the molecule is CNc1cccc(S(=O)(=O)NC2(C)CC2)c1[N+](=O)[O-]. The number of sulfonamides is 1. The Balaban J connectivity index is 2.52. The normalized spacial score (nSPS) is 16.9. The molecule has 0 atom stereocenters. The predicted molar refractivity (Wildman–Crippen MR) is 70.6 cm³/mol. The third-order valence-corrected chi connectivity index (χ3v) is 4.79. The highest BCUT2D eigenvalue weighted by atomic mass is 32.2. The lowest BCUT2D eigenvalue weighted by Crippen LogP contribution is -2.34. The minimum Gasteiger partial charge on any atom is -0.383 e. The topological polar surface area (TPSA) is 101 Å². The van der Waals surface area contributed by atoms with Gasteiger partial charge in [-0.05, 0) is 31.9 Å². The van der Waals surface area contributed by atoms with Crippen molar-refractivity contribution in [2.75, 3.05) is 12.4 Å². The van der Waals surface area contributed by atoms with Gasteiger partial charge in [-0.3, -0.25) is 10.1 Å². The summed E-state index contributed by atoms with van der Waals surface area (Å²) in [7, 11) is -2.39. The second-order valence-electron chi connectivity index (χ2n) is 4.83. The van der Waals surface area contributed by atoms with Crippen LogP contribution in [0.3, 0.4) is 0 Å². The predicted octanol–water partition coefficient (Wildman–Crippen LogP) is 1.47. The third kappa shape index (κ3) is 2.69. The Bertz CT molecular complexity index is 623. The highest BCUT2D eigenvalue weighted by Gasteiger charge is 2.43. The van der Waals surface area contributed by atoms with Crippen molar-refractivity contribution in [3.8, 4) is 0 Å². The molecule has 0 bridgehead atoms. The molecule has 19 heavy (non-hydrogen) atoms. The lowest BCUT2D eigenvalue weighted by atomic mass is 10.3. The molecule has 104 valence electrons. The summed E-state index contributed by atoms with van der Waals surface area (Å²) < 4.78 is 27.0. The Morgan fingerprint density at radius 1 is 1.37 bits per heavy atom. The Kier molecular flexibility index (Phi) is 3.23. The molecular formula is C11H15N3O4S. The Morgan fingerprint density at radius 2 is 2.00 bits per heavy atom. The van der Waals surface area contributed by atoms with Crippen molar-refractivity contribution in [1.82, 2.24) is 4.72 Å². The molecule has 0 saturated heterocycles. The van der Waals surface area contributed by atoms with Crippen molar-refractivity contribution in [3.05, 3.63) is 28.3 Å². The van der Waals surface area contributed by atoms with Gasteiger partial charge < -0.3 is 5.32 Å². The van der Waals surface area contributed by atoms with E-state index in [0.29, 0.717) is 0 Å². The summed E-state index contributed by atoms with van der Waals surface area (Å²) in [5.74, 6) is 0. The summed E-state index contributed by atoms with van der Waals surface area (Å²) in [6.07, 6.45) is 1.48. The molecule has 8 heteroatoms. The highest BCUT2D eigenvalue weighted by molar-refractivity contribution is 7.89.